The Hall–Kier alpha value is -3.52. The van der Waals surface area contributed by atoms with Gasteiger partial charge in [0.2, 0.25) is 5.91 Å². The molecule has 0 aliphatic heterocycles. The summed E-state index contributed by atoms with van der Waals surface area (Å²) in [5, 5.41) is 11.4. The molecule has 36 heavy (non-hydrogen) atoms. The number of halogens is 2. The first-order valence-electron chi connectivity index (χ1n) is 10.6. The van der Waals surface area contributed by atoms with E-state index in [1.165, 1.54) is 13.2 Å². The van der Waals surface area contributed by atoms with Gasteiger partial charge in [-0.1, -0.05) is 11.8 Å². The zero-order chi connectivity index (χ0) is 26.6. The number of amides is 2. The third-order valence-electron chi connectivity index (χ3n) is 4.97. The molecular weight excluding hydrogens is 516 g/mol. The number of ether oxygens (including phenoxy) is 2. The second kappa shape index (κ2) is 11.5. The number of carbonyl (C=O) groups is 3. The van der Waals surface area contributed by atoms with Crippen LogP contribution in [0.5, 0.6) is 5.75 Å². The summed E-state index contributed by atoms with van der Waals surface area (Å²) < 4.78 is 39.2. The van der Waals surface area contributed by atoms with Crippen molar-refractivity contribution in [2.24, 2.45) is 5.73 Å². The second-order valence-corrected chi connectivity index (χ2v) is 9.34. The number of aromatic nitrogens is 3. The van der Waals surface area contributed by atoms with Gasteiger partial charge in [-0.25, -0.2) is 13.6 Å². The third-order valence-corrected chi connectivity index (χ3v) is 7.16. The lowest BCUT2D eigenvalue weighted by molar-refractivity contribution is -0.113. The van der Waals surface area contributed by atoms with Crippen LogP contribution in [0.2, 0.25) is 0 Å². The van der Waals surface area contributed by atoms with Crippen molar-refractivity contribution in [1.82, 2.24) is 14.8 Å². The van der Waals surface area contributed by atoms with E-state index in [1.807, 2.05) is 6.92 Å². The summed E-state index contributed by atoms with van der Waals surface area (Å²) in [6.07, 6.45) is -0.718. The van der Waals surface area contributed by atoms with Crippen LogP contribution >= 0.6 is 23.1 Å². The normalized spacial score (nSPS) is 11.7. The fraction of sp³-hybridized carbons (Fsp3) is 0.318. The van der Waals surface area contributed by atoms with E-state index in [1.54, 1.807) is 18.4 Å². The fourth-order valence-corrected chi connectivity index (χ4v) is 5.17. The highest BCUT2D eigenvalue weighted by Gasteiger charge is 2.26. The Morgan fingerprint density at radius 3 is 2.61 bits per heavy atom. The zero-order valence-corrected chi connectivity index (χ0v) is 21.4. The van der Waals surface area contributed by atoms with E-state index >= 15 is 0 Å². The number of thioether (sulfide) groups is 1. The number of nitrogens with one attached hydrogen (secondary N) is 1. The molecule has 0 radical (unpaired) electrons. The molecule has 0 fully saturated rings. The molecule has 1 unspecified atom stereocenters. The highest BCUT2D eigenvalue weighted by molar-refractivity contribution is 7.99. The first-order chi connectivity index (χ1) is 17.1. The number of carbonyl (C=O) groups excluding carboxylic acids is 3. The zero-order valence-electron chi connectivity index (χ0n) is 19.8. The van der Waals surface area contributed by atoms with Crippen LogP contribution in [0.25, 0.3) is 0 Å². The van der Waals surface area contributed by atoms with Gasteiger partial charge in [-0.3, -0.25) is 9.59 Å². The van der Waals surface area contributed by atoms with Crippen LogP contribution in [0.3, 0.4) is 0 Å². The summed E-state index contributed by atoms with van der Waals surface area (Å²) >= 11 is 1.97. The van der Waals surface area contributed by atoms with E-state index in [-0.39, 0.29) is 26.9 Å². The van der Waals surface area contributed by atoms with E-state index in [0.29, 0.717) is 23.1 Å². The summed E-state index contributed by atoms with van der Waals surface area (Å²) in [6, 6.07) is 2.99. The van der Waals surface area contributed by atoms with Gasteiger partial charge in [0, 0.05) is 12.6 Å². The van der Waals surface area contributed by atoms with E-state index < -0.39 is 35.5 Å². The molecule has 0 aliphatic carbocycles. The number of hydrogen-bond donors (Lipinski definition) is 2. The van der Waals surface area contributed by atoms with Crippen molar-refractivity contribution in [2.75, 3.05) is 18.2 Å². The lowest BCUT2D eigenvalue weighted by atomic mass is 10.1. The maximum atomic E-state index is 14.0. The molecule has 14 heteroatoms. The van der Waals surface area contributed by atoms with E-state index in [4.69, 9.17) is 15.2 Å². The van der Waals surface area contributed by atoms with Gasteiger partial charge >= 0.3 is 5.97 Å². The van der Waals surface area contributed by atoms with Gasteiger partial charge in [0.05, 0.1) is 23.3 Å². The maximum absolute atomic E-state index is 14.0. The van der Waals surface area contributed by atoms with E-state index in [0.717, 1.165) is 35.2 Å². The van der Waals surface area contributed by atoms with Crippen LogP contribution in [-0.2, 0) is 16.1 Å². The topological polar surface area (TPSA) is 138 Å². The standard InChI is InChI=1S/C22H23F2N5O5S2/c1-5-29-19(11(3)34-14-7-6-12(23)8-13(14)24)27-28-22(29)35-9-15(30)26-20-16(21(32)33-4)10(2)17(36-20)18(25)31/h6-8,11H,5,9H2,1-4H3,(H2,25,31)(H,26,30). The number of primary amides is 1. The first-order valence-corrected chi connectivity index (χ1v) is 12.4. The highest BCUT2D eigenvalue weighted by Crippen LogP contribution is 2.34. The number of nitrogens with zero attached hydrogens (tertiary/aromatic N) is 3. The molecule has 3 aromatic rings. The van der Waals surface area contributed by atoms with Gasteiger partial charge in [-0.05, 0) is 38.5 Å². The second-order valence-electron chi connectivity index (χ2n) is 7.37. The molecule has 3 N–H and O–H groups in total. The predicted octanol–water partition coefficient (Wildman–Crippen LogP) is 3.70. The van der Waals surface area contributed by atoms with Gasteiger partial charge in [-0.2, -0.15) is 0 Å². The molecule has 0 saturated heterocycles. The summed E-state index contributed by atoms with van der Waals surface area (Å²) in [7, 11) is 1.19. The smallest absolute Gasteiger partial charge is 0.341 e. The molecule has 0 saturated carbocycles. The van der Waals surface area contributed by atoms with Crippen LogP contribution in [0.15, 0.2) is 23.4 Å². The average molecular weight is 540 g/mol. The minimum Gasteiger partial charge on any atom is -0.480 e. The van der Waals surface area contributed by atoms with Crippen LogP contribution in [-0.4, -0.2) is 45.4 Å². The van der Waals surface area contributed by atoms with Gasteiger partial charge in [-0.15, -0.1) is 21.5 Å². The Morgan fingerprint density at radius 1 is 1.28 bits per heavy atom. The SMILES string of the molecule is CCn1c(SCC(=O)Nc2sc(C(N)=O)c(C)c2C(=O)OC)nnc1C(C)Oc1ccc(F)cc1F. The van der Waals surface area contributed by atoms with Crippen LogP contribution in [0, 0.1) is 18.6 Å². The lowest BCUT2D eigenvalue weighted by Crippen LogP contribution is -2.17. The largest absolute Gasteiger partial charge is 0.480 e. The predicted molar refractivity (Wildman–Crippen MR) is 129 cm³/mol. The van der Waals surface area contributed by atoms with Crippen LogP contribution in [0.1, 0.15) is 51.4 Å². The van der Waals surface area contributed by atoms with Gasteiger partial charge in [0.1, 0.15) is 10.8 Å². The van der Waals surface area contributed by atoms with Crippen molar-refractivity contribution in [1.29, 1.82) is 0 Å². The number of anilines is 1. The van der Waals surface area contributed by atoms with Crippen molar-refractivity contribution in [3.63, 3.8) is 0 Å². The molecular formula is C22H23F2N5O5S2. The highest BCUT2D eigenvalue weighted by atomic mass is 32.2. The molecule has 3 rings (SSSR count). The number of methoxy groups -OCH3 is 1. The maximum Gasteiger partial charge on any atom is 0.341 e. The Balaban J connectivity index is 1.72. The molecule has 2 heterocycles. The fourth-order valence-electron chi connectivity index (χ4n) is 3.30. The van der Waals surface area contributed by atoms with Gasteiger partial charge in [0.25, 0.3) is 5.91 Å². The number of thiophene rings is 1. The number of benzene rings is 1. The molecule has 0 aliphatic rings. The van der Waals surface area contributed by atoms with E-state index in [2.05, 4.69) is 15.5 Å². The molecule has 2 aromatic heterocycles. The first kappa shape index (κ1) is 27.1. The molecule has 1 aromatic carbocycles. The molecule has 0 spiro atoms. The van der Waals surface area contributed by atoms with Crippen molar-refractivity contribution < 1.29 is 32.6 Å². The lowest BCUT2D eigenvalue weighted by Gasteiger charge is -2.16. The molecule has 10 nitrogen and oxygen atoms in total. The minimum absolute atomic E-state index is 0.0626. The van der Waals surface area contributed by atoms with Gasteiger partial charge in [0.15, 0.2) is 28.7 Å². The monoisotopic (exact) mass is 539 g/mol. The van der Waals surface area contributed by atoms with Crippen LogP contribution < -0.4 is 15.8 Å². The molecule has 1 atom stereocenters. The summed E-state index contributed by atoms with van der Waals surface area (Å²) in [5.41, 5.74) is 5.75. The van der Waals surface area contributed by atoms with E-state index in [9.17, 15) is 23.2 Å². The quantitative estimate of drug-likeness (QED) is 0.294. The number of nitrogens with two attached hydrogens (primary N) is 1. The Bertz CT molecular complexity index is 1310. The average Bonchev–Trinajstić information content (AvgIpc) is 3.39. The minimum atomic E-state index is -0.842. The van der Waals surface area contributed by atoms with Gasteiger partial charge < -0.3 is 25.1 Å². The van der Waals surface area contributed by atoms with Crippen molar-refractivity contribution in [3.8, 4) is 5.75 Å². The molecule has 192 valence electrons. The molecule has 2 amide bonds. The van der Waals surface area contributed by atoms with Crippen molar-refractivity contribution in [3.05, 3.63) is 51.7 Å². The Morgan fingerprint density at radius 2 is 2.00 bits per heavy atom. The number of hydrogen-bond acceptors (Lipinski definition) is 9. The Kier molecular flexibility index (Phi) is 8.63. The summed E-state index contributed by atoms with van der Waals surface area (Å²) in [6.45, 7) is 5.46. The third kappa shape index (κ3) is 5.82. The Labute approximate surface area is 213 Å². The summed E-state index contributed by atoms with van der Waals surface area (Å²) in [5.74, 6) is -3.30. The van der Waals surface area contributed by atoms with Crippen LogP contribution in [0.4, 0.5) is 13.8 Å². The van der Waals surface area contributed by atoms with Crippen molar-refractivity contribution >= 4 is 45.9 Å². The number of esters is 1. The van der Waals surface area contributed by atoms with Crippen molar-refractivity contribution in [2.45, 2.75) is 38.6 Å². The molecule has 0 bridgehead atoms. The number of rotatable bonds is 10. The summed E-state index contributed by atoms with van der Waals surface area (Å²) in [4.78, 5) is 36.6.